The molecule has 3 N–H and O–H groups in total. The molecule has 0 aromatic heterocycles. The molecule has 0 bridgehead atoms. The average molecular weight is 371 g/mol. The summed E-state index contributed by atoms with van der Waals surface area (Å²) in [6.07, 6.45) is -9.79. The van der Waals surface area contributed by atoms with Crippen LogP contribution in [0.5, 0.6) is 0 Å². The highest BCUT2D eigenvalue weighted by molar-refractivity contribution is 5.70. The quantitative estimate of drug-likeness (QED) is 0.723. The van der Waals surface area contributed by atoms with Crippen LogP contribution >= 0.6 is 0 Å². The predicted molar refractivity (Wildman–Crippen MR) is 78.8 cm³/mol. The third-order valence-corrected chi connectivity index (χ3v) is 4.28. The number of aliphatic carboxylic acids is 1. The van der Waals surface area contributed by atoms with Gasteiger partial charge in [0.2, 0.25) is 0 Å². The first kappa shape index (κ1) is 21.3. The van der Waals surface area contributed by atoms with Crippen molar-refractivity contribution in [3.63, 3.8) is 0 Å². The van der Waals surface area contributed by atoms with Crippen LogP contribution in [0, 0.1) is 11.8 Å². The smallest absolute Gasteiger partial charge is 0.416 e. The number of hydrogen-bond acceptors (Lipinski definition) is 2. The van der Waals surface area contributed by atoms with E-state index >= 15 is 0 Å². The fourth-order valence-electron chi connectivity index (χ4n) is 2.52. The number of hydrogen-bond donors (Lipinski definition) is 2. The highest BCUT2D eigenvalue weighted by atomic mass is 19.4. The second kappa shape index (κ2) is 7.63. The van der Waals surface area contributed by atoms with Gasteiger partial charge in [0, 0.05) is 6.54 Å². The molecule has 0 amide bonds. The molecule has 0 aliphatic carbocycles. The molecule has 1 aromatic rings. The van der Waals surface area contributed by atoms with Gasteiger partial charge in [-0.25, -0.2) is 0 Å². The second-order valence-corrected chi connectivity index (χ2v) is 6.11. The number of carbonyl (C=O) groups is 1. The van der Waals surface area contributed by atoms with Gasteiger partial charge in [-0.2, -0.15) is 26.3 Å². The Hall–Kier alpha value is -1.77. The van der Waals surface area contributed by atoms with Gasteiger partial charge in [0.15, 0.2) is 0 Å². The molecule has 9 heteroatoms. The van der Waals surface area contributed by atoms with Gasteiger partial charge in [0.05, 0.1) is 17.0 Å². The molecule has 3 unspecified atom stereocenters. The zero-order chi connectivity index (χ0) is 19.6. The molecule has 0 aliphatic heterocycles. The van der Waals surface area contributed by atoms with Crippen LogP contribution in [0.3, 0.4) is 0 Å². The minimum atomic E-state index is -4.92. The molecule has 142 valence electrons. The number of carboxylic acids is 1. The second-order valence-electron chi connectivity index (χ2n) is 6.11. The summed E-state index contributed by atoms with van der Waals surface area (Å²) < 4.78 is 77.5. The summed E-state index contributed by atoms with van der Waals surface area (Å²) in [4.78, 5) is 11.0. The van der Waals surface area contributed by atoms with E-state index in [9.17, 15) is 31.1 Å². The number of alkyl halides is 6. The molecule has 0 saturated carbocycles. The van der Waals surface area contributed by atoms with E-state index in [0.29, 0.717) is 12.1 Å². The minimum absolute atomic E-state index is 0.0462. The summed E-state index contributed by atoms with van der Waals surface area (Å²) in [5.74, 6) is -3.25. The molecular weight excluding hydrogens is 352 g/mol. The van der Waals surface area contributed by atoms with Crippen molar-refractivity contribution in [1.82, 2.24) is 0 Å². The Labute approximate surface area is 140 Å². The van der Waals surface area contributed by atoms with Crippen molar-refractivity contribution < 1.29 is 36.2 Å². The molecule has 25 heavy (non-hydrogen) atoms. The van der Waals surface area contributed by atoms with E-state index in [0.717, 1.165) is 0 Å². The third-order valence-electron chi connectivity index (χ3n) is 4.28. The van der Waals surface area contributed by atoms with E-state index in [1.807, 2.05) is 0 Å². The summed E-state index contributed by atoms with van der Waals surface area (Å²) in [5.41, 5.74) is 2.43. The largest absolute Gasteiger partial charge is 0.481 e. The fraction of sp³-hybridized carbons (Fsp3) is 0.562. The van der Waals surface area contributed by atoms with E-state index in [-0.39, 0.29) is 24.6 Å². The summed E-state index contributed by atoms with van der Waals surface area (Å²) >= 11 is 0. The molecule has 0 saturated heterocycles. The van der Waals surface area contributed by atoms with E-state index < -0.39 is 47.2 Å². The van der Waals surface area contributed by atoms with Crippen LogP contribution in [-0.2, 0) is 17.1 Å². The lowest BCUT2D eigenvalue weighted by atomic mass is 9.81. The Morgan fingerprint density at radius 3 is 1.80 bits per heavy atom. The van der Waals surface area contributed by atoms with Crippen molar-refractivity contribution in [3.05, 3.63) is 34.9 Å². The van der Waals surface area contributed by atoms with Gasteiger partial charge in [0.25, 0.3) is 0 Å². The Balaban J connectivity index is 3.24. The first-order chi connectivity index (χ1) is 11.3. The van der Waals surface area contributed by atoms with Gasteiger partial charge in [0.1, 0.15) is 0 Å². The molecule has 3 nitrogen and oxygen atoms in total. The summed E-state index contributed by atoms with van der Waals surface area (Å²) in [6, 6.07) is 1.42. The van der Waals surface area contributed by atoms with Crippen molar-refractivity contribution in [2.45, 2.75) is 38.5 Å². The van der Waals surface area contributed by atoms with Gasteiger partial charge in [-0.1, -0.05) is 13.8 Å². The van der Waals surface area contributed by atoms with Crippen LogP contribution in [0.1, 0.15) is 42.9 Å². The first-order valence-electron chi connectivity index (χ1n) is 7.49. The lowest BCUT2D eigenvalue weighted by Crippen LogP contribution is -2.26. The van der Waals surface area contributed by atoms with Crippen molar-refractivity contribution in [2.24, 2.45) is 17.6 Å². The average Bonchev–Trinajstić information content (AvgIpc) is 2.49. The lowest BCUT2D eigenvalue weighted by molar-refractivity contribution is -0.143. The van der Waals surface area contributed by atoms with Crippen LogP contribution in [0.4, 0.5) is 26.3 Å². The van der Waals surface area contributed by atoms with Crippen molar-refractivity contribution in [2.75, 3.05) is 6.54 Å². The molecular formula is C16H19F6NO2. The Bertz CT molecular complexity index is 579. The maximum Gasteiger partial charge on any atom is 0.416 e. The molecule has 0 radical (unpaired) electrons. The maximum atomic E-state index is 12.9. The standard InChI is InChI=1S/C16H19F6NO2/c1-8(3-11(7-23)14(24)25)9(2)10-4-12(15(17,18)19)6-13(5-10)16(20,21)22/h4-6,8-9,11H,3,7,23H2,1-2H3,(H,24,25). The zero-order valence-electron chi connectivity index (χ0n) is 13.6. The molecule has 0 fully saturated rings. The highest BCUT2D eigenvalue weighted by Crippen LogP contribution is 2.39. The summed E-state index contributed by atoms with van der Waals surface area (Å²) in [5, 5.41) is 9.00. The van der Waals surface area contributed by atoms with Gasteiger partial charge in [-0.15, -0.1) is 0 Å². The van der Waals surface area contributed by atoms with Crippen LogP contribution in [0.15, 0.2) is 18.2 Å². The van der Waals surface area contributed by atoms with Gasteiger partial charge >= 0.3 is 18.3 Å². The number of rotatable bonds is 6. The Morgan fingerprint density at radius 1 is 1.04 bits per heavy atom. The van der Waals surface area contributed by atoms with Crippen molar-refractivity contribution >= 4 is 5.97 Å². The van der Waals surface area contributed by atoms with Crippen LogP contribution < -0.4 is 5.73 Å². The normalized spacial score (nSPS) is 16.4. The van der Waals surface area contributed by atoms with Gasteiger partial charge in [-0.05, 0) is 42.0 Å². The number of nitrogens with two attached hydrogens (primary N) is 1. The summed E-state index contributed by atoms with van der Waals surface area (Å²) in [6.45, 7) is 2.88. The highest BCUT2D eigenvalue weighted by Gasteiger charge is 2.37. The SMILES string of the molecule is CC(CC(CN)C(=O)O)C(C)c1cc(C(F)(F)F)cc(C(F)(F)F)c1. The van der Waals surface area contributed by atoms with E-state index in [1.54, 1.807) is 6.92 Å². The number of benzene rings is 1. The third kappa shape index (κ3) is 5.62. The van der Waals surface area contributed by atoms with Crippen LogP contribution in [0.2, 0.25) is 0 Å². The predicted octanol–water partition coefficient (Wildman–Crippen LogP) is 4.51. The molecule has 1 rings (SSSR count). The van der Waals surface area contributed by atoms with E-state index in [2.05, 4.69) is 0 Å². The van der Waals surface area contributed by atoms with Crippen LogP contribution in [0.25, 0.3) is 0 Å². The van der Waals surface area contributed by atoms with Gasteiger partial charge < -0.3 is 10.8 Å². The Morgan fingerprint density at radius 2 is 1.48 bits per heavy atom. The maximum absolute atomic E-state index is 12.9. The summed E-state index contributed by atoms with van der Waals surface area (Å²) in [7, 11) is 0. The zero-order valence-corrected chi connectivity index (χ0v) is 13.6. The lowest BCUT2D eigenvalue weighted by Gasteiger charge is -2.24. The molecule has 0 aliphatic rings. The monoisotopic (exact) mass is 371 g/mol. The van der Waals surface area contributed by atoms with Crippen LogP contribution in [-0.4, -0.2) is 17.6 Å². The van der Waals surface area contributed by atoms with Crippen molar-refractivity contribution in [3.8, 4) is 0 Å². The molecule has 0 spiro atoms. The molecule has 1 aromatic carbocycles. The number of carboxylic acid groups (broad SMARTS) is 1. The minimum Gasteiger partial charge on any atom is -0.481 e. The first-order valence-corrected chi connectivity index (χ1v) is 7.49. The van der Waals surface area contributed by atoms with E-state index in [1.165, 1.54) is 6.92 Å². The molecule has 0 heterocycles. The van der Waals surface area contributed by atoms with E-state index in [4.69, 9.17) is 10.8 Å². The fourth-order valence-corrected chi connectivity index (χ4v) is 2.52. The Kier molecular flexibility index (Phi) is 6.50. The number of halogens is 6. The topological polar surface area (TPSA) is 63.3 Å². The van der Waals surface area contributed by atoms with Gasteiger partial charge in [-0.3, -0.25) is 4.79 Å². The van der Waals surface area contributed by atoms with Crippen molar-refractivity contribution in [1.29, 1.82) is 0 Å². The molecule has 3 atom stereocenters.